The van der Waals surface area contributed by atoms with Gasteiger partial charge in [0.2, 0.25) is 5.91 Å². The van der Waals surface area contributed by atoms with Crippen molar-refractivity contribution in [1.82, 2.24) is 20.4 Å². The summed E-state index contributed by atoms with van der Waals surface area (Å²) < 4.78 is 5.20. The summed E-state index contributed by atoms with van der Waals surface area (Å²) in [4.78, 5) is 21.4. The summed E-state index contributed by atoms with van der Waals surface area (Å²) in [5, 5.41) is 6.77. The summed E-state index contributed by atoms with van der Waals surface area (Å²) >= 11 is 0. The Bertz CT molecular complexity index is 684. The minimum atomic E-state index is 0. The third-order valence-electron chi connectivity index (χ3n) is 6.20. The minimum Gasteiger partial charge on any atom is -0.497 e. The second-order valence-corrected chi connectivity index (χ2v) is 8.17. The first-order valence-electron chi connectivity index (χ1n) is 11.3. The number of hydrogen-bond acceptors (Lipinski definition) is 4. The summed E-state index contributed by atoms with van der Waals surface area (Å²) in [6.45, 7) is 6.29. The molecule has 1 amide bonds. The van der Waals surface area contributed by atoms with Crippen LogP contribution in [0.25, 0.3) is 0 Å². The summed E-state index contributed by atoms with van der Waals surface area (Å²) in [6.07, 6.45) is 5.55. The number of carbonyl (C=O) groups excluding carboxylic acids is 1. The molecule has 0 unspecified atom stereocenters. The molecule has 1 aliphatic heterocycles. The molecule has 1 aromatic rings. The molecule has 0 radical (unpaired) electrons. The molecule has 0 atom stereocenters. The second kappa shape index (κ2) is 13.8. The van der Waals surface area contributed by atoms with Crippen LogP contribution in [-0.4, -0.2) is 81.6 Å². The molecule has 1 aromatic carbocycles. The van der Waals surface area contributed by atoms with E-state index < -0.39 is 0 Å². The van der Waals surface area contributed by atoms with E-state index in [0.29, 0.717) is 11.8 Å². The zero-order valence-electron chi connectivity index (χ0n) is 18.9. The van der Waals surface area contributed by atoms with Gasteiger partial charge >= 0.3 is 0 Å². The van der Waals surface area contributed by atoms with Crippen LogP contribution in [0.2, 0.25) is 0 Å². The Kier molecular flexibility index (Phi) is 11.4. The van der Waals surface area contributed by atoms with Crippen molar-refractivity contribution in [3.63, 3.8) is 0 Å². The Morgan fingerprint density at radius 3 is 2.32 bits per heavy atom. The van der Waals surface area contributed by atoms with E-state index in [1.807, 2.05) is 12.1 Å². The Hall–Kier alpha value is -1.55. The summed E-state index contributed by atoms with van der Waals surface area (Å²) in [5.41, 5.74) is 1.27. The Morgan fingerprint density at radius 2 is 1.71 bits per heavy atom. The number of carbonyl (C=O) groups is 1. The fraction of sp³-hybridized carbons (Fsp3) is 0.652. The molecule has 0 aromatic heterocycles. The van der Waals surface area contributed by atoms with E-state index in [2.05, 4.69) is 37.6 Å². The van der Waals surface area contributed by atoms with E-state index in [1.165, 1.54) is 18.4 Å². The molecule has 2 N–H and O–H groups in total. The number of guanidine groups is 1. The molecular formula is C23H38IN5O2. The zero-order chi connectivity index (χ0) is 21.2. The lowest BCUT2D eigenvalue weighted by Gasteiger charge is -2.36. The number of rotatable bonds is 8. The lowest BCUT2D eigenvalue weighted by Crippen LogP contribution is -2.52. The van der Waals surface area contributed by atoms with Gasteiger partial charge in [0.1, 0.15) is 5.75 Å². The lowest BCUT2D eigenvalue weighted by atomic mass is 10.1. The van der Waals surface area contributed by atoms with Gasteiger partial charge in [-0.15, -0.1) is 24.0 Å². The van der Waals surface area contributed by atoms with Gasteiger partial charge < -0.3 is 20.3 Å². The van der Waals surface area contributed by atoms with Crippen LogP contribution >= 0.6 is 24.0 Å². The van der Waals surface area contributed by atoms with E-state index in [-0.39, 0.29) is 24.0 Å². The monoisotopic (exact) mass is 543 g/mol. The highest BCUT2D eigenvalue weighted by atomic mass is 127. The molecule has 0 bridgehead atoms. The summed E-state index contributed by atoms with van der Waals surface area (Å²) in [7, 11) is 3.48. The van der Waals surface area contributed by atoms with Gasteiger partial charge in [0.05, 0.1) is 7.11 Å². The van der Waals surface area contributed by atoms with Crippen molar-refractivity contribution in [1.29, 1.82) is 0 Å². The number of amides is 1. The molecule has 1 saturated heterocycles. The molecule has 1 heterocycles. The molecule has 174 valence electrons. The van der Waals surface area contributed by atoms with Crippen LogP contribution in [0.1, 0.15) is 31.2 Å². The summed E-state index contributed by atoms with van der Waals surface area (Å²) in [5.74, 6) is 2.41. The minimum absolute atomic E-state index is 0. The van der Waals surface area contributed by atoms with Gasteiger partial charge in [-0.1, -0.05) is 25.0 Å². The number of piperazine rings is 1. The van der Waals surface area contributed by atoms with Crippen LogP contribution < -0.4 is 15.4 Å². The number of halogens is 1. The topological polar surface area (TPSA) is 69.2 Å². The smallest absolute Gasteiger partial charge is 0.225 e. The van der Waals surface area contributed by atoms with Crippen molar-refractivity contribution in [2.45, 2.75) is 32.1 Å². The number of nitrogens with zero attached hydrogens (tertiary/aromatic N) is 3. The van der Waals surface area contributed by atoms with Crippen molar-refractivity contribution >= 4 is 35.8 Å². The second-order valence-electron chi connectivity index (χ2n) is 8.17. The molecule has 0 spiro atoms. The SMILES string of the molecule is CN=C(NCCc1ccc(OC)cc1)NCCN1CCN(C(=O)C2CCCC2)CC1.I. The van der Waals surface area contributed by atoms with Crippen molar-refractivity contribution in [2.24, 2.45) is 10.9 Å². The lowest BCUT2D eigenvalue weighted by molar-refractivity contribution is -0.137. The highest BCUT2D eigenvalue weighted by Gasteiger charge is 2.29. The number of hydrogen-bond donors (Lipinski definition) is 2. The van der Waals surface area contributed by atoms with Crippen LogP contribution in [0.3, 0.4) is 0 Å². The molecule has 8 heteroatoms. The van der Waals surface area contributed by atoms with E-state index >= 15 is 0 Å². The van der Waals surface area contributed by atoms with Gasteiger partial charge in [0, 0.05) is 58.8 Å². The maximum absolute atomic E-state index is 12.5. The van der Waals surface area contributed by atoms with Crippen LogP contribution in [0.15, 0.2) is 29.3 Å². The zero-order valence-corrected chi connectivity index (χ0v) is 21.3. The average molecular weight is 543 g/mol. The number of methoxy groups -OCH3 is 1. The molecular weight excluding hydrogens is 505 g/mol. The number of nitrogens with one attached hydrogen (secondary N) is 2. The van der Waals surface area contributed by atoms with E-state index in [9.17, 15) is 4.79 Å². The Labute approximate surface area is 204 Å². The van der Waals surface area contributed by atoms with Gasteiger partial charge in [-0.2, -0.15) is 0 Å². The van der Waals surface area contributed by atoms with Crippen LogP contribution in [0.4, 0.5) is 0 Å². The number of aliphatic imine (C=N–C) groups is 1. The molecule has 2 fully saturated rings. The van der Waals surface area contributed by atoms with Gasteiger partial charge in [-0.25, -0.2) is 0 Å². The molecule has 3 rings (SSSR count). The Balaban J connectivity index is 0.00000341. The van der Waals surface area contributed by atoms with Gasteiger partial charge in [0.25, 0.3) is 0 Å². The predicted molar refractivity (Wildman–Crippen MR) is 136 cm³/mol. The first kappa shape index (κ1) is 25.7. The quantitative estimate of drug-likeness (QED) is 0.300. The van der Waals surface area contributed by atoms with E-state index in [4.69, 9.17) is 4.74 Å². The Morgan fingerprint density at radius 1 is 1.06 bits per heavy atom. The van der Waals surface area contributed by atoms with Crippen molar-refractivity contribution < 1.29 is 9.53 Å². The molecule has 7 nitrogen and oxygen atoms in total. The van der Waals surface area contributed by atoms with E-state index in [0.717, 1.165) is 76.8 Å². The average Bonchev–Trinajstić information content (AvgIpc) is 3.33. The first-order valence-corrected chi connectivity index (χ1v) is 11.3. The largest absolute Gasteiger partial charge is 0.497 e. The highest BCUT2D eigenvalue weighted by Crippen LogP contribution is 2.26. The maximum Gasteiger partial charge on any atom is 0.225 e. The normalized spacial score (nSPS) is 17.9. The third kappa shape index (κ3) is 8.14. The fourth-order valence-corrected chi connectivity index (χ4v) is 4.29. The molecule has 2 aliphatic rings. The maximum atomic E-state index is 12.5. The molecule has 31 heavy (non-hydrogen) atoms. The first-order chi connectivity index (χ1) is 14.7. The predicted octanol–water partition coefficient (Wildman–Crippen LogP) is 2.36. The standard InChI is InChI=1S/C23H37N5O2.HI/c1-24-23(25-12-11-19-7-9-21(30-2)10-8-19)26-13-14-27-15-17-28(18-16-27)22(29)20-5-3-4-6-20;/h7-10,20H,3-6,11-18H2,1-2H3,(H2,24,25,26);1H. The number of ether oxygens (including phenoxy) is 1. The van der Waals surface area contributed by atoms with Gasteiger partial charge in [0.15, 0.2) is 5.96 Å². The highest BCUT2D eigenvalue weighted by molar-refractivity contribution is 14.0. The van der Waals surface area contributed by atoms with Gasteiger partial charge in [-0.05, 0) is 37.0 Å². The van der Waals surface area contributed by atoms with Gasteiger partial charge in [-0.3, -0.25) is 14.7 Å². The molecule has 1 saturated carbocycles. The van der Waals surface area contributed by atoms with E-state index in [1.54, 1.807) is 14.2 Å². The van der Waals surface area contributed by atoms with Crippen LogP contribution in [-0.2, 0) is 11.2 Å². The van der Waals surface area contributed by atoms with Crippen molar-refractivity contribution in [2.75, 3.05) is 60.0 Å². The van der Waals surface area contributed by atoms with Crippen molar-refractivity contribution in [3.05, 3.63) is 29.8 Å². The van der Waals surface area contributed by atoms with Crippen LogP contribution in [0, 0.1) is 5.92 Å². The third-order valence-corrected chi connectivity index (χ3v) is 6.20. The number of benzene rings is 1. The van der Waals surface area contributed by atoms with Crippen molar-refractivity contribution in [3.8, 4) is 5.75 Å². The fourth-order valence-electron chi connectivity index (χ4n) is 4.29. The molecule has 1 aliphatic carbocycles. The van der Waals surface area contributed by atoms with Crippen LogP contribution in [0.5, 0.6) is 5.75 Å². The summed E-state index contributed by atoms with van der Waals surface area (Å²) in [6, 6.07) is 8.16.